The average Bonchev–Trinajstić information content (AvgIpc) is 2.96. The number of nitrogens with one attached hydrogen (secondary N) is 1. The molecule has 0 spiro atoms. The second-order valence-corrected chi connectivity index (χ2v) is 7.43. The standard InChI is InChI=1S/C19H23N3OS/c1-11-8-12(2)18(13(3)9-11)22-17(23)10-24-19-15-6-5-7-16(15)20-14(4)21-19/h8-9H,5-7,10H2,1-4H3,(H,22,23). The Morgan fingerprint density at radius 2 is 1.83 bits per heavy atom. The molecular weight excluding hydrogens is 318 g/mol. The molecule has 1 aromatic carbocycles. The van der Waals surface area contributed by atoms with Gasteiger partial charge in [-0.2, -0.15) is 0 Å². The fourth-order valence-electron chi connectivity index (χ4n) is 3.32. The number of rotatable bonds is 4. The summed E-state index contributed by atoms with van der Waals surface area (Å²) in [6.45, 7) is 8.05. The molecule has 0 saturated carbocycles. The van der Waals surface area contributed by atoms with Crippen LogP contribution in [-0.2, 0) is 17.6 Å². The van der Waals surface area contributed by atoms with Gasteiger partial charge in [0.25, 0.3) is 0 Å². The highest BCUT2D eigenvalue weighted by Gasteiger charge is 2.19. The number of anilines is 1. The van der Waals surface area contributed by atoms with Gasteiger partial charge in [0, 0.05) is 16.9 Å². The smallest absolute Gasteiger partial charge is 0.234 e. The molecule has 1 N–H and O–H groups in total. The normalized spacial score (nSPS) is 13.0. The lowest BCUT2D eigenvalue weighted by atomic mass is 10.1. The second-order valence-electron chi connectivity index (χ2n) is 6.47. The van der Waals surface area contributed by atoms with Crippen molar-refractivity contribution >= 4 is 23.4 Å². The molecule has 0 aliphatic heterocycles. The van der Waals surface area contributed by atoms with Crippen molar-refractivity contribution < 1.29 is 4.79 Å². The molecular formula is C19H23N3OS. The summed E-state index contributed by atoms with van der Waals surface area (Å²) in [5.74, 6) is 1.18. The van der Waals surface area contributed by atoms with Crippen molar-refractivity contribution in [3.8, 4) is 0 Å². The Balaban J connectivity index is 1.69. The predicted molar refractivity (Wildman–Crippen MR) is 98.8 cm³/mol. The van der Waals surface area contributed by atoms with Gasteiger partial charge < -0.3 is 5.32 Å². The van der Waals surface area contributed by atoms with Gasteiger partial charge in [-0.05, 0) is 58.1 Å². The lowest BCUT2D eigenvalue weighted by molar-refractivity contribution is -0.113. The van der Waals surface area contributed by atoms with Gasteiger partial charge in [-0.25, -0.2) is 9.97 Å². The molecule has 0 atom stereocenters. The molecule has 1 heterocycles. The number of benzene rings is 1. The van der Waals surface area contributed by atoms with Crippen molar-refractivity contribution in [3.63, 3.8) is 0 Å². The number of nitrogens with zero attached hydrogens (tertiary/aromatic N) is 2. The maximum absolute atomic E-state index is 12.4. The minimum absolute atomic E-state index is 0.0121. The van der Waals surface area contributed by atoms with Gasteiger partial charge in [0.15, 0.2) is 0 Å². The second kappa shape index (κ2) is 6.93. The van der Waals surface area contributed by atoms with E-state index < -0.39 is 0 Å². The molecule has 4 nitrogen and oxygen atoms in total. The highest BCUT2D eigenvalue weighted by atomic mass is 32.2. The summed E-state index contributed by atoms with van der Waals surface area (Å²) >= 11 is 1.52. The van der Waals surface area contributed by atoms with Gasteiger partial charge in [0.05, 0.1) is 5.75 Å². The Morgan fingerprint density at radius 1 is 1.12 bits per heavy atom. The van der Waals surface area contributed by atoms with Gasteiger partial charge in [0.1, 0.15) is 10.9 Å². The van der Waals surface area contributed by atoms with E-state index in [1.807, 2.05) is 20.8 Å². The van der Waals surface area contributed by atoms with E-state index in [0.29, 0.717) is 5.75 Å². The largest absolute Gasteiger partial charge is 0.325 e. The molecule has 0 unspecified atom stereocenters. The van der Waals surface area contributed by atoms with Crippen LogP contribution >= 0.6 is 11.8 Å². The van der Waals surface area contributed by atoms with E-state index in [4.69, 9.17) is 0 Å². The molecule has 126 valence electrons. The van der Waals surface area contributed by atoms with E-state index >= 15 is 0 Å². The van der Waals surface area contributed by atoms with E-state index in [9.17, 15) is 4.79 Å². The fraction of sp³-hybridized carbons (Fsp3) is 0.421. The Hall–Kier alpha value is -1.88. The van der Waals surface area contributed by atoms with Crippen molar-refractivity contribution in [2.75, 3.05) is 11.1 Å². The summed E-state index contributed by atoms with van der Waals surface area (Å²) < 4.78 is 0. The predicted octanol–water partition coefficient (Wildman–Crippen LogP) is 3.93. The van der Waals surface area contributed by atoms with Gasteiger partial charge in [-0.15, -0.1) is 0 Å². The first-order valence-electron chi connectivity index (χ1n) is 8.31. The van der Waals surface area contributed by atoms with Crippen LogP contribution in [-0.4, -0.2) is 21.6 Å². The Morgan fingerprint density at radius 3 is 2.54 bits per heavy atom. The molecule has 0 bridgehead atoms. The van der Waals surface area contributed by atoms with Crippen molar-refractivity contribution in [1.29, 1.82) is 0 Å². The number of amides is 1. The zero-order valence-corrected chi connectivity index (χ0v) is 15.5. The van der Waals surface area contributed by atoms with Crippen molar-refractivity contribution in [2.24, 2.45) is 0 Å². The number of carbonyl (C=O) groups excluding carboxylic acids is 1. The van der Waals surface area contributed by atoms with E-state index in [1.54, 1.807) is 0 Å². The lowest BCUT2D eigenvalue weighted by Crippen LogP contribution is -2.16. The minimum Gasteiger partial charge on any atom is -0.325 e. The van der Waals surface area contributed by atoms with Crippen LogP contribution in [0.4, 0.5) is 5.69 Å². The highest BCUT2D eigenvalue weighted by molar-refractivity contribution is 8.00. The van der Waals surface area contributed by atoms with Gasteiger partial charge in [0.2, 0.25) is 5.91 Å². The number of hydrogen-bond acceptors (Lipinski definition) is 4. The first-order chi connectivity index (χ1) is 11.4. The number of carbonyl (C=O) groups is 1. The van der Waals surface area contributed by atoms with E-state index in [1.165, 1.54) is 22.9 Å². The number of hydrogen-bond donors (Lipinski definition) is 1. The summed E-state index contributed by atoms with van der Waals surface area (Å²) in [6.07, 6.45) is 3.19. The molecule has 0 fully saturated rings. The molecule has 0 radical (unpaired) electrons. The SMILES string of the molecule is Cc1cc(C)c(NC(=O)CSc2nc(C)nc3c2CCC3)c(C)c1. The van der Waals surface area contributed by atoms with Gasteiger partial charge >= 0.3 is 0 Å². The van der Waals surface area contributed by atoms with Crippen LogP contribution < -0.4 is 5.32 Å². The van der Waals surface area contributed by atoms with Crippen molar-refractivity contribution in [3.05, 3.63) is 45.9 Å². The van der Waals surface area contributed by atoms with Gasteiger partial charge in [-0.3, -0.25) is 4.79 Å². The van der Waals surface area contributed by atoms with E-state index in [0.717, 1.165) is 52.6 Å². The van der Waals surface area contributed by atoms with Crippen LogP contribution in [0.2, 0.25) is 0 Å². The van der Waals surface area contributed by atoms with Gasteiger partial charge in [-0.1, -0.05) is 29.5 Å². The van der Waals surface area contributed by atoms with Crippen LogP contribution in [0, 0.1) is 27.7 Å². The topological polar surface area (TPSA) is 54.9 Å². The Labute approximate surface area is 147 Å². The molecule has 1 aliphatic carbocycles. The minimum atomic E-state index is 0.0121. The highest BCUT2D eigenvalue weighted by Crippen LogP contribution is 2.30. The number of fused-ring (bicyclic) bond motifs is 1. The van der Waals surface area contributed by atoms with Crippen molar-refractivity contribution in [1.82, 2.24) is 9.97 Å². The molecule has 1 aliphatic rings. The van der Waals surface area contributed by atoms with Crippen molar-refractivity contribution in [2.45, 2.75) is 52.0 Å². The lowest BCUT2D eigenvalue weighted by Gasteiger charge is -2.13. The monoisotopic (exact) mass is 341 g/mol. The Kier molecular flexibility index (Phi) is 4.90. The first kappa shape index (κ1) is 17.0. The van der Waals surface area contributed by atoms with Crippen LogP contribution in [0.5, 0.6) is 0 Å². The summed E-state index contributed by atoms with van der Waals surface area (Å²) in [5, 5.41) is 4.03. The molecule has 1 aromatic heterocycles. The molecule has 3 rings (SSSR count). The zero-order valence-electron chi connectivity index (χ0n) is 14.7. The molecule has 24 heavy (non-hydrogen) atoms. The summed E-state index contributed by atoms with van der Waals surface area (Å²) in [4.78, 5) is 21.4. The Bertz CT molecular complexity index is 778. The third-order valence-electron chi connectivity index (χ3n) is 4.29. The summed E-state index contributed by atoms with van der Waals surface area (Å²) in [6, 6.07) is 4.19. The van der Waals surface area contributed by atoms with E-state index in [2.05, 4.69) is 34.3 Å². The number of aromatic nitrogens is 2. The molecule has 5 heteroatoms. The maximum atomic E-state index is 12.4. The van der Waals surface area contributed by atoms with Crippen LogP contribution in [0.15, 0.2) is 17.2 Å². The number of thioether (sulfide) groups is 1. The summed E-state index contributed by atoms with van der Waals surface area (Å²) in [5.41, 5.74) is 6.74. The number of aryl methyl sites for hydroxylation is 5. The third kappa shape index (κ3) is 3.61. The van der Waals surface area contributed by atoms with Crippen LogP contribution in [0.1, 0.15) is 40.2 Å². The zero-order chi connectivity index (χ0) is 17.3. The summed E-state index contributed by atoms with van der Waals surface area (Å²) in [7, 11) is 0. The fourth-order valence-corrected chi connectivity index (χ4v) is 4.25. The molecule has 0 saturated heterocycles. The average molecular weight is 341 g/mol. The van der Waals surface area contributed by atoms with Crippen LogP contribution in [0.25, 0.3) is 0 Å². The van der Waals surface area contributed by atoms with E-state index in [-0.39, 0.29) is 5.91 Å². The first-order valence-corrected chi connectivity index (χ1v) is 9.29. The van der Waals surface area contributed by atoms with Crippen LogP contribution in [0.3, 0.4) is 0 Å². The quantitative estimate of drug-likeness (QED) is 0.676. The third-order valence-corrected chi connectivity index (χ3v) is 5.31. The molecule has 1 amide bonds. The molecule has 2 aromatic rings. The maximum Gasteiger partial charge on any atom is 0.234 e.